The maximum atomic E-state index is 12.9. The van der Waals surface area contributed by atoms with Crippen molar-refractivity contribution in [1.29, 1.82) is 0 Å². The van der Waals surface area contributed by atoms with Gasteiger partial charge in [0, 0.05) is 19.1 Å². The highest BCUT2D eigenvalue weighted by Crippen LogP contribution is 2.31. The first kappa shape index (κ1) is 21.4. The van der Waals surface area contributed by atoms with E-state index in [2.05, 4.69) is 23.7 Å². The van der Waals surface area contributed by atoms with E-state index in [4.69, 9.17) is 4.74 Å². The van der Waals surface area contributed by atoms with Gasteiger partial charge in [0.25, 0.3) is 0 Å². The molecule has 29 heavy (non-hydrogen) atoms. The Morgan fingerprint density at radius 1 is 1.31 bits per heavy atom. The van der Waals surface area contributed by atoms with Crippen molar-refractivity contribution in [3.05, 3.63) is 36.9 Å². The number of amides is 1. The summed E-state index contributed by atoms with van der Waals surface area (Å²) in [5, 5.41) is 9.47. The van der Waals surface area contributed by atoms with Gasteiger partial charge in [-0.2, -0.15) is 0 Å². The van der Waals surface area contributed by atoms with Gasteiger partial charge in [-0.3, -0.25) is 9.36 Å². The lowest BCUT2D eigenvalue weighted by Gasteiger charge is -2.33. The van der Waals surface area contributed by atoms with Crippen LogP contribution in [0.4, 0.5) is 0 Å². The molecule has 0 bridgehead atoms. The minimum atomic E-state index is 0.177. The van der Waals surface area contributed by atoms with Crippen molar-refractivity contribution in [2.75, 3.05) is 19.4 Å². The number of carbonyl (C=O) groups excluding carboxylic acids is 1. The highest BCUT2D eigenvalue weighted by molar-refractivity contribution is 7.99. The number of para-hydroxylation sites is 1. The van der Waals surface area contributed by atoms with Crippen LogP contribution in [0.1, 0.15) is 39.0 Å². The van der Waals surface area contributed by atoms with E-state index < -0.39 is 0 Å². The molecule has 1 amide bonds. The first-order valence-electron chi connectivity index (χ1n) is 10.3. The lowest BCUT2D eigenvalue weighted by molar-refractivity contribution is -0.131. The molecular weight excluding hydrogens is 384 g/mol. The van der Waals surface area contributed by atoms with E-state index >= 15 is 0 Å². The van der Waals surface area contributed by atoms with E-state index in [-0.39, 0.29) is 5.91 Å². The molecule has 0 radical (unpaired) electrons. The maximum absolute atomic E-state index is 12.9. The quantitative estimate of drug-likeness (QED) is 0.449. The van der Waals surface area contributed by atoms with Gasteiger partial charge in [-0.05, 0) is 31.9 Å². The van der Waals surface area contributed by atoms with Gasteiger partial charge in [-0.1, -0.05) is 49.2 Å². The molecule has 1 heterocycles. The number of ether oxygens (including phenoxy) is 1. The number of hydrogen-bond donors (Lipinski definition) is 0. The molecule has 156 valence electrons. The van der Waals surface area contributed by atoms with Crippen molar-refractivity contribution >= 4 is 17.7 Å². The van der Waals surface area contributed by atoms with Gasteiger partial charge >= 0.3 is 0 Å². The lowest BCUT2D eigenvalue weighted by atomic mass is 9.94. The molecule has 0 unspecified atom stereocenters. The number of thioether (sulfide) groups is 1. The second kappa shape index (κ2) is 10.5. The van der Waals surface area contributed by atoms with E-state index in [0.717, 1.165) is 41.7 Å². The summed E-state index contributed by atoms with van der Waals surface area (Å²) in [5.74, 6) is 2.01. The highest BCUT2D eigenvalue weighted by Gasteiger charge is 2.25. The van der Waals surface area contributed by atoms with E-state index in [9.17, 15) is 4.79 Å². The third kappa shape index (κ3) is 5.01. The fraction of sp³-hybridized carbons (Fsp3) is 0.500. The summed E-state index contributed by atoms with van der Waals surface area (Å²) < 4.78 is 7.46. The van der Waals surface area contributed by atoms with Crippen molar-refractivity contribution in [3.63, 3.8) is 0 Å². The van der Waals surface area contributed by atoms with E-state index in [1.54, 1.807) is 7.11 Å². The van der Waals surface area contributed by atoms with Crippen molar-refractivity contribution in [1.82, 2.24) is 19.7 Å². The molecule has 1 aromatic carbocycles. The SMILES string of the molecule is C=CCn1c(SCC(=O)N(CC)C2CCCCC2)nnc1-c1ccccc1OC. The molecule has 7 heteroatoms. The van der Waals surface area contributed by atoms with E-state index in [1.165, 1.54) is 31.0 Å². The monoisotopic (exact) mass is 414 g/mol. The van der Waals surface area contributed by atoms with Crippen molar-refractivity contribution < 1.29 is 9.53 Å². The summed E-state index contributed by atoms with van der Waals surface area (Å²) in [7, 11) is 1.64. The summed E-state index contributed by atoms with van der Waals surface area (Å²) in [6.07, 6.45) is 7.78. The summed E-state index contributed by atoms with van der Waals surface area (Å²) >= 11 is 1.44. The molecule has 1 fully saturated rings. The minimum absolute atomic E-state index is 0.177. The minimum Gasteiger partial charge on any atom is -0.496 e. The van der Waals surface area contributed by atoms with Gasteiger partial charge in [-0.25, -0.2) is 0 Å². The van der Waals surface area contributed by atoms with Gasteiger partial charge in [-0.15, -0.1) is 16.8 Å². The van der Waals surface area contributed by atoms with Gasteiger partial charge in [0.15, 0.2) is 11.0 Å². The second-order valence-corrected chi connectivity index (χ2v) is 8.11. The zero-order valence-electron chi connectivity index (χ0n) is 17.3. The number of allylic oxidation sites excluding steroid dienone is 1. The molecular formula is C22H30N4O2S. The molecule has 0 atom stereocenters. The van der Waals surface area contributed by atoms with Crippen LogP contribution in [0.25, 0.3) is 11.4 Å². The standard InChI is InChI=1S/C22H30N4O2S/c1-4-15-26-21(18-13-9-10-14-19(18)28-3)23-24-22(26)29-16-20(27)25(5-2)17-11-7-6-8-12-17/h4,9-10,13-14,17H,1,5-8,11-12,15-16H2,2-3H3. The van der Waals surface area contributed by atoms with Crippen LogP contribution in [0.2, 0.25) is 0 Å². The molecule has 2 aromatic rings. The predicted octanol–water partition coefficient (Wildman–Crippen LogP) is 4.41. The number of hydrogen-bond acceptors (Lipinski definition) is 5. The van der Waals surface area contributed by atoms with Crippen LogP contribution in [-0.4, -0.2) is 51.0 Å². The Morgan fingerprint density at radius 3 is 2.76 bits per heavy atom. The smallest absolute Gasteiger partial charge is 0.233 e. The Hall–Kier alpha value is -2.28. The zero-order chi connectivity index (χ0) is 20.6. The molecule has 6 nitrogen and oxygen atoms in total. The Kier molecular flexibility index (Phi) is 7.75. The van der Waals surface area contributed by atoms with Gasteiger partial charge in [0.2, 0.25) is 5.91 Å². The number of aromatic nitrogens is 3. The fourth-order valence-electron chi connectivity index (χ4n) is 3.96. The molecule has 0 saturated heterocycles. The van der Waals surface area contributed by atoms with Gasteiger partial charge in [0.05, 0.1) is 18.4 Å². The Morgan fingerprint density at radius 2 is 2.07 bits per heavy atom. The number of carbonyl (C=O) groups is 1. The van der Waals surface area contributed by atoms with Gasteiger partial charge < -0.3 is 9.64 Å². The molecule has 3 rings (SSSR count). The topological polar surface area (TPSA) is 60.2 Å². The van der Waals surface area contributed by atoms with Crippen LogP contribution in [0.3, 0.4) is 0 Å². The first-order valence-corrected chi connectivity index (χ1v) is 11.3. The molecule has 1 aromatic heterocycles. The van der Waals surface area contributed by atoms with Crippen molar-refractivity contribution in [3.8, 4) is 17.1 Å². The molecule has 1 saturated carbocycles. The van der Waals surface area contributed by atoms with Crippen LogP contribution in [0.5, 0.6) is 5.75 Å². The van der Waals surface area contributed by atoms with Crippen LogP contribution in [0.15, 0.2) is 42.1 Å². The average molecular weight is 415 g/mol. The van der Waals surface area contributed by atoms with Crippen LogP contribution in [0, 0.1) is 0 Å². The summed E-state index contributed by atoms with van der Waals surface area (Å²) in [5.41, 5.74) is 0.875. The third-order valence-electron chi connectivity index (χ3n) is 5.38. The van der Waals surface area contributed by atoms with Crippen molar-refractivity contribution in [2.24, 2.45) is 0 Å². The summed E-state index contributed by atoms with van der Waals surface area (Å²) in [4.78, 5) is 14.9. The maximum Gasteiger partial charge on any atom is 0.233 e. The largest absolute Gasteiger partial charge is 0.496 e. The number of rotatable bonds is 9. The fourth-order valence-corrected chi connectivity index (χ4v) is 4.79. The van der Waals surface area contributed by atoms with Crippen LogP contribution >= 0.6 is 11.8 Å². The van der Waals surface area contributed by atoms with Crippen LogP contribution in [-0.2, 0) is 11.3 Å². The summed E-state index contributed by atoms with van der Waals surface area (Å²) in [6, 6.07) is 8.13. The second-order valence-electron chi connectivity index (χ2n) is 7.17. The van der Waals surface area contributed by atoms with Gasteiger partial charge in [0.1, 0.15) is 5.75 Å². The lowest BCUT2D eigenvalue weighted by Crippen LogP contribution is -2.42. The Bertz CT molecular complexity index is 830. The molecule has 0 aliphatic heterocycles. The number of nitrogens with zero attached hydrogens (tertiary/aromatic N) is 4. The van der Waals surface area contributed by atoms with Crippen molar-refractivity contribution in [2.45, 2.75) is 56.8 Å². The Balaban J connectivity index is 1.76. The van der Waals surface area contributed by atoms with Crippen LogP contribution < -0.4 is 4.74 Å². The molecule has 1 aliphatic carbocycles. The molecule has 0 N–H and O–H groups in total. The normalized spacial score (nSPS) is 14.6. The first-order chi connectivity index (χ1) is 14.2. The average Bonchev–Trinajstić information content (AvgIpc) is 3.16. The molecule has 0 spiro atoms. The summed E-state index contributed by atoms with van der Waals surface area (Å²) in [6.45, 7) is 7.25. The highest BCUT2D eigenvalue weighted by atomic mass is 32.2. The molecule has 1 aliphatic rings. The number of benzene rings is 1. The third-order valence-corrected chi connectivity index (χ3v) is 6.33. The van der Waals surface area contributed by atoms with E-state index in [0.29, 0.717) is 18.3 Å². The number of methoxy groups -OCH3 is 1. The Labute approximate surface area is 177 Å². The predicted molar refractivity (Wildman–Crippen MR) is 117 cm³/mol. The zero-order valence-corrected chi connectivity index (χ0v) is 18.2. The van der Waals surface area contributed by atoms with E-state index in [1.807, 2.05) is 39.8 Å².